The highest BCUT2D eigenvalue weighted by Gasteiger charge is 2.41. The number of amides is 2. The van der Waals surface area contributed by atoms with Crippen LogP contribution in [0.3, 0.4) is 0 Å². The summed E-state index contributed by atoms with van der Waals surface area (Å²) in [5.41, 5.74) is 0.586. The number of carbonyl (C=O) groups excluding carboxylic acids is 2. The fourth-order valence-electron chi connectivity index (χ4n) is 4.61. The van der Waals surface area contributed by atoms with E-state index < -0.39 is 0 Å². The molecule has 154 valence electrons. The van der Waals surface area contributed by atoms with Crippen LogP contribution in [0.5, 0.6) is 0 Å². The van der Waals surface area contributed by atoms with Crippen LogP contribution in [0.25, 0.3) is 0 Å². The highest BCUT2D eigenvalue weighted by atomic mass is 16.5. The smallest absolute Gasteiger partial charge is 0.251 e. The van der Waals surface area contributed by atoms with Gasteiger partial charge in [0, 0.05) is 37.7 Å². The van der Waals surface area contributed by atoms with Gasteiger partial charge in [-0.15, -0.1) is 0 Å². The summed E-state index contributed by atoms with van der Waals surface area (Å²) < 4.78 is 6.22. The van der Waals surface area contributed by atoms with E-state index in [1.54, 1.807) is 0 Å². The van der Waals surface area contributed by atoms with E-state index >= 15 is 0 Å². The molecule has 1 unspecified atom stereocenters. The Balaban J connectivity index is 1.50. The van der Waals surface area contributed by atoms with E-state index in [0.717, 1.165) is 58.2 Å². The van der Waals surface area contributed by atoms with Crippen molar-refractivity contribution in [2.45, 2.75) is 58.0 Å². The number of hydrogen-bond donors (Lipinski definition) is 1. The Morgan fingerprint density at radius 3 is 2.50 bits per heavy atom. The number of nitrogens with zero attached hydrogens (tertiary/aromatic N) is 1. The highest BCUT2D eigenvalue weighted by Crippen LogP contribution is 2.37. The molecule has 2 fully saturated rings. The van der Waals surface area contributed by atoms with Crippen LogP contribution >= 0.6 is 0 Å². The van der Waals surface area contributed by atoms with Gasteiger partial charge in [0.05, 0.1) is 5.60 Å². The van der Waals surface area contributed by atoms with Crippen LogP contribution < -0.4 is 5.32 Å². The number of benzene rings is 1. The van der Waals surface area contributed by atoms with Gasteiger partial charge in [-0.1, -0.05) is 32.0 Å². The molecule has 5 nitrogen and oxygen atoms in total. The van der Waals surface area contributed by atoms with Crippen LogP contribution in [-0.4, -0.2) is 48.6 Å². The molecule has 1 aromatic carbocycles. The molecule has 1 aromatic rings. The molecule has 1 spiro atoms. The van der Waals surface area contributed by atoms with Crippen molar-refractivity contribution in [1.82, 2.24) is 10.2 Å². The molecule has 0 bridgehead atoms. The average molecular weight is 387 g/mol. The molecule has 0 saturated carbocycles. The second-order valence-corrected chi connectivity index (χ2v) is 8.31. The normalized spacial score (nSPS) is 21.7. The summed E-state index contributed by atoms with van der Waals surface area (Å²) in [7, 11) is 0. The third-order valence-corrected chi connectivity index (χ3v) is 6.50. The second kappa shape index (κ2) is 9.55. The third-order valence-electron chi connectivity index (χ3n) is 6.50. The summed E-state index contributed by atoms with van der Waals surface area (Å²) in [6.45, 7) is 7.20. The zero-order chi connectivity index (χ0) is 20.0. The fraction of sp³-hybridized carbons (Fsp3) is 0.652. The van der Waals surface area contributed by atoms with E-state index in [-0.39, 0.29) is 17.4 Å². The Bertz CT molecular complexity index is 649. The summed E-state index contributed by atoms with van der Waals surface area (Å²) in [4.78, 5) is 27.0. The molecule has 0 radical (unpaired) electrons. The lowest BCUT2D eigenvalue weighted by atomic mass is 9.79. The maximum absolute atomic E-state index is 12.6. The molecule has 2 aliphatic heterocycles. The lowest BCUT2D eigenvalue weighted by molar-refractivity contribution is -0.150. The molecule has 28 heavy (non-hydrogen) atoms. The quantitative estimate of drug-likeness (QED) is 0.812. The summed E-state index contributed by atoms with van der Waals surface area (Å²) in [5.74, 6) is 0.888. The van der Waals surface area contributed by atoms with Crippen LogP contribution in [0.15, 0.2) is 30.3 Å². The van der Waals surface area contributed by atoms with Gasteiger partial charge in [0.15, 0.2) is 0 Å². The molecule has 2 heterocycles. The van der Waals surface area contributed by atoms with Crippen LogP contribution in [0.4, 0.5) is 0 Å². The Kier molecular flexibility index (Phi) is 7.11. The zero-order valence-corrected chi connectivity index (χ0v) is 17.3. The first-order valence-electron chi connectivity index (χ1n) is 10.8. The van der Waals surface area contributed by atoms with E-state index in [2.05, 4.69) is 19.2 Å². The van der Waals surface area contributed by atoms with Gasteiger partial charge >= 0.3 is 0 Å². The number of ether oxygens (including phenoxy) is 1. The molecular weight excluding hydrogens is 352 g/mol. The fourth-order valence-corrected chi connectivity index (χ4v) is 4.61. The summed E-state index contributed by atoms with van der Waals surface area (Å²) >= 11 is 0. The molecule has 3 rings (SSSR count). The molecule has 1 N–H and O–H groups in total. The molecule has 1 atom stereocenters. The van der Waals surface area contributed by atoms with Crippen molar-refractivity contribution < 1.29 is 14.3 Å². The molecule has 0 aromatic heterocycles. The Labute approximate surface area is 168 Å². The molecule has 2 aliphatic rings. The predicted octanol–water partition coefficient (Wildman–Crippen LogP) is 3.64. The van der Waals surface area contributed by atoms with Gasteiger partial charge in [0.2, 0.25) is 5.91 Å². The molecule has 2 amide bonds. The lowest BCUT2D eigenvalue weighted by Gasteiger charge is -2.46. The molecule has 0 aliphatic carbocycles. The van der Waals surface area contributed by atoms with E-state index in [9.17, 15) is 9.59 Å². The van der Waals surface area contributed by atoms with Crippen molar-refractivity contribution >= 4 is 11.8 Å². The monoisotopic (exact) mass is 386 g/mol. The standard InChI is InChI=1S/C23H34N2O3/c1-3-19(4-2)22(27)25-13-11-23(12-14-25)16-18(10-15-28-23)17-24-21(26)20-8-6-5-7-9-20/h5-9,18-19H,3-4,10-17H2,1-2H3,(H,24,26). The SMILES string of the molecule is CCC(CC)C(=O)N1CCC2(CC1)CC(CNC(=O)c1ccccc1)CCO2. The van der Waals surface area contributed by atoms with Gasteiger partial charge < -0.3 is 15.0 Å². The number of hydrogen-bond acceptors (Lipinski definition) is 3. The maximum Gasteiger partial charge on any atom is 0.251 e. The van der Waals surface area contributed by atoms with Crippen molar-refractivity contribution in [1.29, 1.82) is 0 Å². The van der Waals surface area contributed by atoms with Gasteiger partial charge in [-0.2, -0.15) is 0 Å². The minimum Gasteiger partial charge on any atom is -0.375 e. The van der Waals surface area contributed by atoms with Crippen molar-refractivity contribution in [3.05, 3.63) is 35.9 Å². The topological polar surface area (TPSA) is 58.6 Å². The van der Waals surface area contributed by atoms with Gasteiger partial charge in [0.1, 0.15) is 0 Å². The lowest BCUT2D eigenvalue weighted by Crippen LogP contribution is -2.52. The maximum atomic E-state index is 12.6. The first-order valence-corrected chi connectivity index (χ1v) is 10.8. The van der Waals surface area contributed by atoms with E-state index in [1.807, 2.05) is 35.2 Å². The predicted molar refractivity (Wildman–Crippen MR) is 110 cm³/mol. The van der Waals surface area contributed by atoms with Crippen LogP contribution in [0.1, 0.15) is 62.7 Å². The Morgan fingerprint density at radius 1 is 1.18 bits per heavy atom. The summed E-state index contributed by atoms with van der Waals surface area (Å²) in [6, 6.07) is 9.37. The van der Waals surface area contributed by atoms with E-state index in [1.165, 1.54) is 0 Å². The van der Waals surface area contributed by atoms with E-state index in [4.69, 9.17) is 4.74 Å². The van der Waals surface area contributed by atoms with Gasteiger partial charge in [-0.3, -0.25) is 9.59 Å². The highest BCUT2D eigenvalue weighted by molar-refractivity contribution is 5.94. The number of nitrogens with one attached hydrogen (secondary N) is 1. The number of rotatable bonds is 6. The number of carbonyl (C=O) groups is 2. The van der Waals surface area contributed by atoms with Gasteiger partial charge in [0.25, 0.3) is 5.91 Å². The molecule has 5 heteroatoms. The van der Waals surface area contributed by atoms with Crippen molar-refractivity contribution in [3.63, 3.8) is 0 Å². The van der Waals surface area contributed by atoms with Crippen molar-refractivity contribution in [2.75, 3.05) is 26.2 Å². The number of likely N-dealkylation sites (tertiary alicyclic amines) is 1. The third kappa shape index (κ3) is 4.93. The van der Waals surface area contributed by atoms with Crippen LogP contribution in [0.2, 0.25) is 0 Å². The zero-order valence-electron chi connectivity index (χ0n) is 17.3. The first-order chi connectivity index (χ1) is 13.6. The van der Waals surface area contributed by atoms with Crippen molar-refractivity contribution in [3.8, 4) is 0 Å². The van der Waals surface area contributed by atoms with Gasteiger partial charge in [-0.25, -0.2) is 0 Å². The largest absolute Gasteiger partial charge is 0.375 e. The summed E-state index contributed by atoms with van der Waals surface area (Å²) in [6.07, 6.45) is 5.58. The van der Waals surface area contributed by atoms with E-state index in [0.29, 0.717) is 23.9 Å². The number of piperidine rings is 1. The Hall–Kier alpha value is -1.88. The average Bonchev–Trinajstić information content (AvgIpc) is 2.74. The molecule has 2 saturated heterocycles. The summed E-state index contributed by atoms with van der Waals surface area (Å²) in [5, 5.41) is 3.09. The Morgan fingerprint density at radius 2 is 1.86 bits per heavy atom. The molecular formula is C23H34N2O3. The van der Waals surface area contributed by atoms with Crippen LogP contribution in [0, 0.1) is 11.8 Å². The minimum atomic E-state index is -0.120. The second-order valence-electron chi connectivity index (χ2n) is 8.31. The first kappa shape index (κ1) is 20.8. The minimum absolute atomic E-state index is 0.00766. The van der Waals surface area contributed by atoms with Crippen LogP contribution in [-0.2, 0) is 9.53 Å². The van der Waals surface area contributed by atoms with Crippen molar-refractivity contribution in [2.24, 2.45) is 11.8 Å². The van der Waals surface area contributed by atoms with Gasteiger partial charge in [-0.05, 0) is 56.6 Å².